The van der Waals surface area contributed by atoms with E-state index in [2.05, 4.69) is 35.4 Å². The molecule has 1 unspecified atom stereocenters. The molecule has 0 fully saturated rings. The first kappa shape index (κ1) is 24.6. The molecule has 0 spiro atoms. The summed E-state index contributed by atoms with van der Waals surface area (Å²) in [6, 6.07) is 19.3. The number of halogens is 1. The summed E-state index contributed by atoms with van der Waals surface area (Å²) < 4.78 is 0. The van der Waals surface area contributed by atoms with Crippen LogP contribution in [0.4, 0.5) is 11.4 Å². The monoisotopic (exact) mass is 519 g/mol. The van der Waals surface area contributed by atoms with Crippen LogP contribution in [0.25, 0.3) is 0 Å². The SMILES string of the molecule is CC1(C)CC(=O)C2=C(C1)Nc1ccccc1N(CC(=O)NCCc1cccs1)C2c1ccc(Cl)cc1. The predicted octanol–water partition coefficient (Wildman–Crippen LogP) is 6.38. The lowest BCUT2D eigenvalue weighted by Crippen LogP contribution is -2.42. The third-order valence-electron chi connectivity index (χ3n) is 6.78. The number of ketones is 1. The summed E-state index contributed by atoms with van der Waals surface area (Å²) in [5, 5.41) is 9.34. The van der Waals surface area contributed by atoms with Gasteiger partial charge in [-0.2, -0.15) is 0 Å². The fourth-order valence-corrected chi connectivity index (χ4v) is 6.04. The molecule has 2 aromatic carbocycles. The number of hydrogen-bond donors (Lipinski definition) is 2. The first-order valence-electron chi connectivity index (χ1n) is 12.2. The molecular weight excluding hydrogens is 490 g/mol. The number of allylic oxidation sites excluding steroid dienone is 1. The Morgan fingerprint density at radius 3 is 2.64 bits per heavy atom. The first-order valence-corrected chi connectivity index (χ1v) is 13.5. The third-order valence-corrected chi connectivity index (χ3v) is 7.97. The van der Waals surface area contributed by atoms with Gasteiger partial charge in [-0.3, -0.25) is 9.59 Å². The van der Waals surface area contributed by atoms with Crippen LogP contribution in [-0.2, 0) is 16.0 Å². The maximum atomic E-state index is 13.7. The molecule has 0 saturated carbocycles. The topological polar surface area (TPSA) is 61.4 Å². The van der Waals surface area contributed by atoms with E-state index >= 15 is 0 Å². The van der Waals surface area contributed by atoms with E-state index in [9.17, 15) is 9.59 Å². The van der Waals surface area contributed by atoms with Crippen molar-refractivity contribution < 1.29 is 9.59 Å². The summed E-state index contributed by atoms with van der Waals surface area (Å²) in [5.41, 5.74) is 4.26. The van der Waals surface area contributed by atoms with Crippen LogP contribution >= 0.6 is 22.9 Å². The standard InChI is InChI=1S/C29H30ClN3O2S/c1-29(2)16-23-27(25(34)17-29)28(19-9-11-20(30)12-10-19)33(24-8-4-3-7-22(24)32-23)18-26(35)31-14-13-21-6-5-15-36-21/h3-12,15,28,32H,13-14,16-18H2,1-2H3,(H,31,35). The smallest absolute Gasteiger partial charge is 0.239 e. The molecule has 2 aliphatic rings. The minimum Gasteiger partial charge on any atom is -0.357 e. The van der Waals surface area contributed by atoms with E-state index in [-0.39, 0.29) is 23.7 Å². The molecule has 0 bridgehead atoms. The number of Topliss-reactive ketones (excluding diaryl/α,β-unsaturated/α-hetero) is 1. The Balaban J connectivity index is 1.54. The van der Waals surface area contributed by atoms with Crippen LogP contribution in [-0.4, -0.2) is 24.8 Å². The number of fused-ring (bicyclic) bond motifs is 1. The molecule has 0 radical (unpaired) electrons. The van der Waals surface area contributed by atoms with Crippen LogP contribution in [0.15, 0.2) is 77.3 Å². The van der Waals surface area contributed by atoms with E-state index in [0.29, 0.717) is 18.0 Å². The molecule has 2 heterocycles. The lowest BCUT2D eigenvalue weighted by atomic mass is 9.73. The molecule has 1 amide bonds. The number of anilines is 2. The number of hydrogen-bond acceptors (Lipinski definition) is 5. The number of para-hydroxylation sites is 2. The first-order chi connectivity index (χ1) is 17.3. The van der Waals surface area contributed by atoms with Crippen LogP contribution in [0, 0.1) is 5.41 Å². The van der Waals surface area contributed by atoms with Gasteiger partial charge in [0.15, 0.2) is 5.78 Å². The summed E-state index contributed by atoms with van der Waals surface area (Å²) >= 11 is 7.91. The number of nitrogens with one attached hydrogen (secondary N) is 2. The third kappa shape index (κ3) is 5.20. The van der Waals surface area contributed by atoms with Crippen LogP contribution < -0.4 is 15.5 Å². The van der Waals surface area contributed by atoms with Crippen LogP contribution in [0.5, 0.6) is 0 Å². The number of amides is 1. The maximum absolute atomic E-state index is 13.7. The molecule has 7 heteroatoms. The number of nitrogens with zero attached hydrogens (tertiary/aromatic N) is 1. The van der Waals surface area contributed by atoms with Crippen molar-refractivity contribution in [3.05, 3.63) is 92.8 Å². The fraction of sp³-hybridized carbons (Fsp3) is 0.310. The highest BCUT2D eigenvalue weighted by Gasteiger charge is 2.41. The predicted molar refractivity (Wildman–Crippen MR) is 148 cm³/mol. The highest BCUT2D eigenvalue weighted by Crippen LogP contribution is 2.48. The molecule has 5 rings (SSSR count). The largest absolute Gasteiger partial charge is 0.357 e. The Kier molecular flexibility index (Phi) is 6.91. The van der Waals surface area contributed by atoms with Crippen molar-refractivity contribution in [3.8, 4) is 0 Å². The van der Waals surface area contributed by atoms with Gasteiger partial charge in [0.25, 0.3) is 0 Å². The molecule has 5 nitrogen and oxygen atoms in total. The van der Waals surface area contributed by atoms with Crippen molar-refractivity contribution in [2.24, 2.45) is 5.41 Å². The zero-order valence-electron chi connectivity index (χ0n) is 20.5. The molecule has 1 aromatic heterocycles. The fourth-order valence-electron chi connectivity index (χ4n) is 5.21. The zero-order valence-corrected chi connectivity index (χ0v) is 22.1. The van der Waals surface area contributed by atoms with Gasteiger partial charge >= 0.3 is 0 Å². The number of rotatable bonds is 6. The van der Waals surface area contributed by atoms with E-state index in [1.165, 1.54) is 4.88 Å². The van der Waals surface area contributed by atoms with Crippen LogP contribution in [0.2, 0.25) is 5.02 Å². The van der Waals surface area contributed by atoms with E-state index in [1.807, 2.05) is 60.0 Å². The highest BCUT2D eigenvalue weighted by atomic mass is 35.5. The van der Waals surface area contributed by atoms with Crippen molar-refractivity contribution in [2.75, 3.05) is 23.3 Å². The van der Waals surface area contributed by atoms with Gasteiger partial charge in [0.2, 0.25) is 5.91 Å². The molecule has 0 saturated heterocycles. The molecule has 1 aliphatic carbocycles. The van der Waals surface area contributed by atoms with E-state index in [4.69, 9.17) is 11.6 Å². The zero-order chi connectivity index (χ0) is 25.3. The van der Waals surface area contributed by atoms with Gasteiger partial charge in [0.1, 0.15) is 0 Å². The second kappa shape index (κ2) is 10.1. The van der Waals surface area contributed by atoms with E-state index in [0.717, 1.165) is 41.1 Å². The molecule has 3 aromatic rings. The van der Waals surface area contributed by atoms with Crippen LogP contribution in [0.1, 0.15) is 43.2 Å². The van der Waals surface area contributed by atoms with Gasteiger partial charge in [-0.1, -0.05) is 55.8 Å². The molecule has 2 N–H and O–H groups in total. The van der Waals surface area contributed by atoms with Crippen molar-refractivity contribution in [2.45, 2.75) is 39.2 Å². The van der Waals surface area contributed by atoms with E-state index in [1.54, 1.807) is 11.3 Å². The van der Waals surface area contributed by atoms with Crippen molar-refractivity contribution in [1.82, 2.24) is 5.32 Å². The summed E-state index contributed by atoms with van der Waals surface area (Å²) in [6.45, 7) is 4.95. The Morgan fingerprint density at radius 1 is 1.11 bits per heavy atom. The van der Waals surface area contributed by atoms with Crippen LogP contribution in [0.3, 0.4) is 0 Å². The molecule has 1 aliphatic heterocycles. The van der Waals surface area contributed by atoms with Crippen molar-refractivity contribution in [3.63, 3.8) is 0 Å². The Bertz CT molecular complexity index is 1300. The minimum atomic E-state index is -0.403. The highest BCUT2D eigenvalue weighted by molar-refractivity contribution is 7.09. The normalized spacial score (nSPS) is 18.7. The second-order valence-electron chi connectivity index (χ2n) is 10.2. The molecular formula is C29H30ClN3O2S. The quantitative estimate of drug-likeness (QED) is 0.397. The van der Waals surface area contributed by atoms with Crippen molar-refractivity contribution >= 4 is 46.0 Å². The summed E-state index contributed by atoms with van der Waals surface area (Å²) in [4.78, 5) is 30.2. The molecule has 186 valence electrons. The minimum absolute atomic E-state index is 0.0760. The number of benzene rings is 2. The van der Waals surface area contributed by atoms with Gasteiger partial charge in [-0.05, 0) is 59.5 Å². The molecule has 1 atom stereocenters. The Labute approximate surface area is 221 Å². The van der Waals surface area contributed by atoms with Gasteiger partial charge in [-0.25, -0.2) is 0 Å². The second-order valence-corrected chi connectivity index (χ2v) is 11.7. The van der Waals surface area contributed by atoms with Gasteiger partial charge < -0.3 is 15.5 Å². The van der Waals surface area contributed by atoms with Gasteiger partial charge in [-0.15, -0.1) is 11.3 Å². The maximum Gasteiger partial charge on any atom is 0.239 e. The van der Waals surface area contributed by atoms with E-state index < -0.39 is 6.04 Å². The van der Waals surface area contributed by atoms with Gasteiger partial charge in [0.05, 0.1) is 24.0 Å². The summed E-state index contributed by atoms with van der Waals surface area (Å²) in [6.07, 6.45) is 2.02. The Hall–Kier alpha value is -3.09. The van der Waals surface area contributed by atoms with Gasteiger partial charge in [0, 0.05) is 34.1 Å². The van der Waals surface area contributed by atoms with Crippen molar-refractivity contribution in [1.29, 1.82) is 0 Å². The Morgan fingerprint density at radius 2 is 1.89 bits per heavy atom. The average Bonchev–Trinajstić information content (AvgIpc) is 3.30. The number of carbonyl (C=O) groups excluding carboxylic acids is 2. The summed E-state index contributed by atoms with van der Waals surface area (Å²) in [7, 11) is 0. The lowest BCUT2D eigenvalue weighted by molar-refractivity contribution is -0.120. The lowest BCUT2D eigenvalue weighted by Gasteiger charge is -2.37. The molecule has 36 heavy (non-hydrogen) atoms. The number of carbonyl (C=O) groups is 2. The number of thiophene rings is 1. The average molecular weight is 520 g/mol. The summed E-state index contributed by atoms with van der Waals surface area (Å²) in [5.74, 6) is 0.0394.